The largest absolute Gasteiger partial charge is 0.383 e. The number of rotatable bonds is 6. The quantitative estimate of drug-likeness (QED) is 0.695. The molecule has 0 saturated carbocycles. The van der Waals surface area contributed by atoms with E-state index >= 15 is 0 Å². The van der Waals surface area contributed by atoms with Crippen LogP contribution in [0.25, 0.3) is 10.2 Å². The van der Waals surface area contributed by atoms with Crippen molar-refractivity contribution in [1.29, 1.82) is 0 Å². The minimum atomic E-state index is -0.542. The summed E-state index contributed by atoms with van der Waals surface area (Å²) in [5.74, 6) is -0.390. The van der Waals surface area contributed by atoms with Crippen molar-refractivity contribution in [2.45, 2.75) is 13.1 Å². The number of ether oxygens (including phenoxy) is 1. The number of carbonyl (C=O) groups is 1. The Labute approximate surface area is 157 Å². The molecule has 0 unspecified atom stereocenters. The predicted molar refractivity (Wildman–Crippen MR) is 102 cm³/mol. The third-order valence-corrected chi connectivity index (χ3v) is 4.89. The lowest BCUT2D eigenvalue weighted by molar-refractivity contribution is -0.116. The van der Waals surface area contributed by atoms with Crippen molar-refractivity contribution >= 4 is 44.7 Å². The Balaban J connectivity index is 1.96. The van der Waals surface area contributed by atoms with Gasteiger partial charge in [-0.2, -0.15) is 0 Å². The molecule has 136 valence electrons. The minimum Gasteiger partial charge on any atom is -0.383 e. The van der Waals surface area contributed by atoms with Gasteiger partial charge in [0.05, 0.1) is 18.7 Å². The van der Waals surface area contributed by atoms with Gasteiger partial charge in [0.25, 0.3) is 5.56 Å². The van der Waals surface area contributed by atoms with Gasteiger partial charge in [-0.05, 0) is 29.6 Å². The smallest absolute Gasteiger partial charge is 0.332 e. The Kier molecular flexibility index (Phi) is 5.55. The molecule has 3 rings (SSSR count). The van der Waals surface area contributed by atoms with Crippen molar-refractivity contribution in [3.05, 3.63) is 61.6 Å². The average molecular weight is 394 g/mol. The van der Waals surface area contributed by atoms with E-state index in [9.17, 15) is 14.4 Å². The molecule has 2 heterocycles. The predicted octanol–water partition coefficient (Wildman–Crippen LogP) is 2.16. The molecule has 3 aromatic rings. The molecule has 1 amide bonds. The number of fused-ring (bicyclic) bond motifs is 1. The fourth-order valence-electron chi connectivity index (χ4n) is 2.58. The van der Waals surface area contributed by atoms with Crippen molar-refractivity contribution in [2.24, 2.45) is 0 Å². The lowest BCUT2D eigenvalue weighted by Gasteiger charge is -2.12. The number of anilines is 1. The van der Waals surface area contributed by atoms with E-state index in [1.807, 2.05) is 0 Å². The standard InChI is InChI=1S/C17H16ClN3O4S/c1-25-7-6-20-16(23)15-13(5-8-26-15)21(17(20)24)10-14(22)19-12-4-2-3-11(18)9-12/h2-5,8-9H,6-7,10H2,1H3,(H,19,22). The van der Waals surface area contributed by atoms with Crippen molar-refractivity contribution in [3.63, 3.8) is 0 Å². The number of hydrogen-bond donors (Lipinski definition) is 1. The number of aromatic nitrogens is 2. The molecule has 0 fully saturated rings. The highest BCUT2D eigenvalue weighted by Crippen LogP contribution is 2.17. The third kappa shape index (κ3) is 3.72. The molecule has 0 atom stereocenters. The van der Waals surface area contributed by atoms with Crippen molar-refractivity contribution in [1.82, 2.24) is 9.13 Å². The summed E-state index contributed by atoms with van der Waals surface area (Å²) in [6.07, 6.45) is 0. The van der Waals surface area contributed by atoms with Gasteiger partial charge in [0.15, 0.2) is 0 Å². The van der Waals surface area contributed by atoms with E-state index < -0.39 is 5.69 Å². The van der Waals surface area contributed by atoms with Crippen LogP contribution in [0.15, 0.2) is 45.3 Å². The lowest BCUT2D eigenvalue weighted by atomic mass is 10.3. The maximum absolute atomic E-state index is 12.7. The van der Waals surface area contributed by atoms with Crippen LogP contribution in [-0.2, 0) is 22.6 Å². The van der Waals surface area contributed by atoms with Crippen LogP contribution < -0.4 is 16.6 Å². The maximum Gasteiger partial charge on any atom is 0.332 e. The molecular weight excluding hydrogens is 378 g/mol. The Hall–Kier alpha value is -2.42. The normalized spacial score (nSPS) is 11.0. The first kappa shape index (κ1) is 18.4. The van der Waals surface area contributed by atoms with Gasteiger partial charge in [0.1, 0.15) is 11.2 Å². The van der Waals surface area contributed by atoms with Gasteiger partial charge in [-0.3, -0.25) is 18.7 Å². The number of halogens is 1. The van der Waals surface area contributed by atoms with E-state index in [-0.39, 0.29) is 31.2 Å². The van der Waals surface area contributed by atoms with Crippen LogP contribution in [0, 0.1) is 0 Å². The summed E-state index contributed by atoms with van der Waals surface area (Å²) in [7, 11) is 1.49. The Morgan fingerprint density at radius 2 is 2.08 bits per heavy atom. The fourth-order valence-corrected chi connectivity index (χ4v) is 3.61. The van der Waals surface area contributed by atoms with Crippen LogP contribution in [-0.4, -0.2) is 28.8 Å². The van der Waals surface area contributed by atoms with Crippen LogP contribution in [0.2, 0.25) is 5.02 Å². The molecule has 2 aromatic heterocycles. The van der Waals surface area contributed by atoms with Gasteiger partial charge in [0, 0.05) is 17.8 Å². The van der Waals surface area contributed by atoms with Crippen LogP contribution in [0.4, 0.5) is 5.69 Å². The highest BCUT2D eigenvalue weighted by Gasteiger charge is 2.16. The Morgan fingerprint density at radius 3 is 2.81 bits per heavy atom. The molecular formula is C17H16ClN3O4S. The SMILES string of the molecule is COCCn1c(=O)c2sccc2n(CC(=O)Nc2cccc(Cl)c2)c1=O. The van der Waals surface area contributed by atoms with Gasteiger partial charge >= 0.3 is 5.69 Å². The van der Waals surface area contributed by atoms with E-state index in [1.165, 1.54) is 23.0 Å². The third-order valence-electron chi connectivity index (χ3n) is 3.77. The molecule has 1 N–H and O–H groups in total. The first-order chi connectivity index (χ1) is 12.5. The van der Waals surface area contributed by atoms with E-state index in [0.29, 0.717) is 20.9 Å². The summed E-state index contributed by atoms with van der Waals surface area (Å²) in [6, 6.07) is 8.39. The summed E-state index contributed by atoms with van der Waals surface area (Å²) in [5.41, 5.74) is 0.0625. The lowest BCUT2D eigenvalue weighted by Crippen LogP contribution is -2.42. The summed E-state index contributed by atoms with van der Waals surface area (Å²) < 4.78 is 7.78. The van der Waals surface area contributed by atoms with Crippen LogP contribution >= 0.6 is 22.9 Å². The fraction of sp³-hybridized carbons (Fsp3) is 0.235. The zero-order chi connectivity index (χ0) is 18.7. The second-order valence-corrected chi connectivity index (χ2v) is 6.86. The molecule has 26 heavy (non-hydrogen) atoms. The van der Waals surface area contributed by atoms with E-state index in [1.54, 1.807) is 35.7 Å². The highest BCUT2D eigenvalue weighted by molar-refractivity contribution is 7.17. The molecule has 0 radical (unpaired) electrons. The van der Waals surface area contributed by atoms with Gasteiger partial charge in [-0.1, -0.05) is 17.7 Å². The van der Waals surface area contributed by atoms with E-state index in [0.717, 1.165) is 4.57 Å². The zero-order valence-corrected chi connectivity index (χ0v) is 15.5. The summed E-state index contributed by atoms with van der Waals surface area (Å²) in [4.78, 5) is 37.6. The molecule has 0 bridgehead atoms. The van der Waals surface area contributed by atoms with Crippen molar-refractivity contribution in [2.75, 3.05) is 19.0 Å². The van der Waals surface area contributed by atoms with E-state index in [4.69, 9.17) is 16.3 Å². The molecule has 0 saturated heterocycles. The zero-order valence-electron chi connectivity index (χ0n) is 13.9. The van der Waals surface area contributed by atoms with Gasteiger partial charge in [-0.25, -0.2) is 4.79 Å². The topological polar surface area (TPSA) is 82.3 Å². The summed E-state index contributed by atoms with van der Waals surface area (Å²) in [5, 5.41) is 4.91. The molecule has 9 heteroatoms. The minimum absolute atomic E-state index is 0.123. The monoisotopic (exact) mass is 393 g/mol. The molecule has 0 aliphatic carbocycles. The first-order valence-electron chi connectivity index (χ1n) is 7.76. The number of nitrogens with zero attached hydrogens (tertiary/aromatic N) is 2. The number of carbonyl (C=O) groups excluding carboxylic acids is 1. The molecule has 0 spiro atoms. The molecule has 0 aliphatic rings. The number of methoxy groups -OCH3 is 1. The van der Waals surface area contributed by atoms with Gasteiger partial charge in [-0.15, -0.1) is 11.3 Å². The number of benzene rings is 1. The van der Waals surface area contributed by atoms with Crippen LogP contribution in [0.3, 0.4) is 0 Å². The number of amides is 1. The van der Waals surface area contributed by atoms with Gasteiger partial charge in [0.2, 0.25) is 5.91 Å². The van der Waals surface area contributed by atoms with Crippen molar-refractivity contribution < 1.29 is 9.53 Å². The average Bonchev–Trinajstić information content (AvgIpc) is 3.08. The second kappa shape index (κ2) is 7.86. The maximum atomic E-state index is 12.7. The van der Waals surface area contributed by atoms with Crippen LogP contribution in [0.1, 0.15) is 0 Å². The Bertz CT molecular complexity index is 1070. The summed E-state index contributed by atoms with van der Waals surface area (Å²) in [6.45, 7) is 0.129. The first-order valence-corrected chi connectivity index (χ1v) is 9.02. The number of hydrogen-bond acceptors (Lipinski definition) is 5. The number of thiophene rings is 1. The van der Waals surface area contributed by atoms with Crippen molar-refractivity contribution in [3.8, 4) is 0 Å². The molecule has 7 nitrogen and oxygen atoms in total. The van der Waals surface area contributed by atoms with Gasteiger partial charge < -0.3 is 10.1 Å². The molecule has 1 aromatic carbocycles. The molecule has 0 aliphatic heterocycles. The highest BCUT2D eigenvalue weighted by atomic mass is 35.5. The summed E-state index contributed by atoms with van der Waals surface area (Å²) >= 11 is 7.14. The van der Waals surface area contributed by atoms with E-state index in [2.05, 4.69) is 5.32 Å². The number of nitrogens with one attached hydrogen (secondary N) is 1. The second-order valence-electron chi connectivity index (χ2n) is 5.51. The van der Waals surface area contributed by atoms with Crippen LogP contribution in [0.5, 0.6) is 0 Å². The Morgan fingerprint density at radius 1 is 1.27 bits per heavy atom.